The Hall–Kier alpha value is -3.76. The maximum atomic E-state index is 8.95. The summed E-state index contributed by atoms with van der Waals surface area (Å²) in [4.78, 5) is 4.20. The van der Waals surface area contributed by atoms with Gasteiger partial charge in [-0.05, 0) is 47.5 Å². The first kappa shape index (κ1) is 16.7. The number of hydrogen-bond donors (Lipinski definition) is 0. The molecule has 0 aliphatic carbocycles. The number of hydrogen-bond acceptors (Lipinski definition) is 4. The predicted molar refractivity (Wildman–Crippen MR) is 104 cm³/mol. The van der Waals surface area contributed by atoms with Crippen LogP contribution in [-0.4, -0.2) is 0 Å². The molecular weight excluding hydrogens is 332 g/mol. The minimum Gasteiger partial charge on any atom is -0.335 e. The van der Waals surface area contributed by atoms with Crippen molar-refractivity contribution in [3.8, 4) is 12.1 Å². The van der Waals surface area contributed by atoms with Crippen LogP contribution in [0.3, 0.4) is 0 Å². The molecular formula is C23H16N4. The molecule has 0 N–H and O–H groups in total. The molecule has 3 aromatic carbocycles. The van der Waals surface area contributed by atoms with Gasteiger partial charge in [0, 0.05) is 13.1 Å². The molecule has 1 aliphatic heterocycles. The lowest BCUT2D eigenvalue weighted by molar-refractivity contribution is 0.849. The molecule has 1 heterocycles. The van der Waals surface area contributed by atoms with Crippen molar-refractivity contribution < 1.29 is 0 Å². The van der Waals surface area contributed by atoms with E-state index in [1.165, 1.54) is 0 Å². The fourth-order valence-electron chi connectivity index (χ4n) is 3.15. The summed E-state index contributed by atoms with van der Waals surface area (Å²) in [6, 6.07) is 27.8. The van der Waals surface area contributed by atoms with E-state index in [1.54, 1.807) is 0 Å². The largest absolute Gasteiger partial charge is 0.335 e. The van der Waals surface area contributed by atoms with Crippen molar-refractivity contribution >= 4 is 11.4 Å². The highest BCUT2D eigenvalue weighted by Gasteiger charge is 2.27. The second-order valence-corrected chi connectivity index (χ2v) is 6.38. The van der Waals surface area contributed by atoms with E-state index in [9.17, 15) is 0 Å². The van der Waals surface area contributed by atoms with Crippen LogP contribution in [0.5, 0.6) is 0 Å². The zero-order valence-electron chi connectivity index (χ0n) is 14.6. The average molecular weight is 348 g/mol. The highest BCUT2D eigenvalue weighted by Crippen LogP contribution is 2.39. The molecule has 0 amide bonds. The highest BCUT2D eigenvalue weighted by molar-refractivity contribution is 5.78. The Morgan fingerprint density at radius 2 is 1.04 bits per heavy atom. The molecule has 1 aliphatic rings. The first-order valence-electron chi connectivity index (χ1n) is 8.65. The summed E-state index contributed by atoms with van der Waals surface area (Å²) >= 11 is 0. The van der Waals surface area contributed by atoms with Crippen molar-refractivity contribution in [2.45, 2.75) is 13.1 Å². The van der Waals surface area contributed by atoms with Crippen LogP contribution < -0.4 is 9.80 Å². The normalized spacial score (nSPS) is 12.4. The van der Waals surface area contributed by atoms with E-state index in [2.05, 4.69) is 40.7 Å². The van der Waals surface area contributed by atoms with Gasteiger partial charge in [-0.1, -0.05) is 36.4 Å². The van der Waals surface area contributed by atoms with Gasteiger partial charge in [-0.25, -0.2) is 0 Å². The number of fused-ring (bicyclic) bond motifs is 1. The Morgan fingerprint density at radius 1 is 0.630 bits per heavy atom. The molecule has 3 aromatic rings. The second kappa shape index (κ2) is 7.23. The van der Waals surface area contributed by atoms with Gasteiger partial charge in [-0.15, -0.1) is 0 Å². The van der Waals surface area contributed by atoms with Gasteiger partial charge in [-0.3, -0.25) is 0 Å². The molecule has 0 spiro atoms. The third-order valence-corrected chi connectivity index (χ3v) is 4.55. The predicted octanol–water partition coefficient (Wildman–Crippen LogP) is 4.45. The number of nitrogens with zero attached hydrogens (tertiary/aromatic N) is 4. The van der Waals surface area contributed by atoms with Crippen LogP contribution in [-0.2, 0) is 13.1 Å². The summed E-state index contributed by atoms with van der Waals surface area (Å²) in [5.74, 6) is 0. The number of rotatable bonds is 4. The monoisotopic (exact) mass is 348 g/mol. The summed E-state index contributed by atoms with van der Waals surface area (Å²) in [7, 11) is 0. The van der Waals surface area contributed by atoms with Crippen molar-refractivity contribution in [2.75, 3.05) is 9.80 Å². The minimum absolute atomic E-state index is 0.663. The fraction of sp³-hybridized carbons (Fsp3) is 0.0870. The molecule has 4 rings (SSSR count). The van der Waals surface area contributed by atoms with Gasteiger partial charge in [0.25, 0.3) is 0 Å². The molecule has 4 heteroatoms. The molecule has 4 nitrogen and oxygen atoms in total. The molecule has 0 atom stereocenters. The van der Waals surface area contributed by atoms with E-state index in [0.717, 1.165) is 22.5 Å². The third-order valence-electron chi connectivity index (χ3n) is 4.55. The van der Waals surface area contributed by atoms with Crippen LogP contribution in [0.4, 0.5) is 11.4 Å². The van der Waals surface area contributed by atoms with Gasteiger partial charge >= 0.3 is 0 Å². The SMILES string of the molecule is N#Cc1ccc(CN2[C]N(Cc3ccc(C#N)cc3)c3ccccc32)cc1. The Morgan fingerprint density at radius 3 is 1.41 bits per heavy atom. The molecule has 0 saturated carbocycles. The summed E-state index contributed by atoms with van der Waals surface area (Å²) in [5, 5.41) is 17.9. The van der Waals surface area contributed by atoms with Gasteiger partial charge < -0.3 is 9.80 Å². The Kier molecular flexibility index (Phi) is 4.47. The van der Waals surface area contributed by atoms with Crippen molar-refractivity contribution in [3.05, 3.63) is 102 Å². The second-order valence-electron chi connectivity index (χ2n) is 6.38. The van der Waals surface area contributed by atoms with Gasteiger partial charge in [0.05, 0.1) is 34.6 Å². The van der Waals surface area contributed by atoms with Crippen LogP contribution in [0.2, 0.25) is 0 Å². The van der Waals surface area contributed by atoms with Crippen molar-refractivity contribution in [2.24, 2.45) is 0 Å². The molecule has 0 unspecified atom stereocenters. The number of nitriles is 2. The first-order chi connectivity index (χ1) is 13.3. The molecule has 27 heavy (non-hydrogen) atoms. The molecule has 0 saturated heterocycles. The van der Waals surface area contributed by atoms with Gasteiger partial charge in [0.2, 0.25) is 6.67 Å². The topological polar surface area (TPSA) is 54.1 Å². The van der Waals surface area contributed by atoms with E-state index in [4.69, 9.17) is 10.5 Å². The molecule has 2 radical (unpaired) electrons. The summed E-state index contributed by atoms with van der Waals surface area (Å²) in [6.07, 6.45) is 0. The summed E-state index contributed by atoms with van der Waals surface area (Å²) < 4.78 is 0. The number of para-hydroxylation sites is 2. The quantitative estimate of drug-likeness (QED) is 0.699. The summed E-state index contributed by atoms with van der Waals surface area (Å²) in [5.41, 5.74) is 5.78. The van der Waals surface area contributed by atoms with Gasteiger partial charge in [-0.2, -0.15) is 10.5 Å². The molecule has 0 fully saturated rings. The Balaban J connectivity index is 1.54. The van der Waals surface area contributed by atoms with Crippen LogP contribution in [0, 0.1) is 29.3 Å². The van der Waals surface area contributed by atoms with E-state index in [0.29, 0.717) is 24.2 Å². The highest BCUT2D eigenvalue weighted by atomic mass is 15.4. The Labute approximate surface area is 159 Å². The molecule has 0 aromatic heterocycles. The first-order valence-corrected chi connectivity index (χ1v) is 8.65. The lowest BCUT2D eigenvalue weighted by atomic mass is 10.1. The standard InChI is InChI=1S/C23H16N4/c24-13-18-5-9-20(10-6-18)15-26-17-27(23-4-2-1-3-22(23)26)16-21-11-7-19(14-25)8-12-21/h1-12H,15-16H2. The van der Waals surface area contributed by atoms with E-state index < -0.39 is 0 Å². The molecule has 128 valence electrons. The number of anilines is 2. The smallest absolute Gasteiger partial charge is 0.209 e. The van der Waals surface area contributed by atoms with E-state index in [-0.39, 0.29) is 0 Å². The minimum atomic E-state index is 0.663. The van der Waals surface area contributed by atoms with Gasteiger partial charge in [0.1, 0.15) is 0 Å². The van der Waals surface area contributed by atoms with Crippen molar-refractivity contribution in [1.82, 2.24) is 0 Å². The maximum absolute atomic E-state index is 8.95. The Bertz CT molecular complexity index is 939. The fourth-order valence-corrected chi connectivity index (χ4v) is 3.15. The lowest BCUT2D eigenvalue weighted by Gasteiger charge is -2.19. The maximum Gasteiger partial charge on any atom is 0.209 e. The average Bonchev–Trinajstić information content (AvgIpc) is 3.06. The zero-order chi connectivity index (χ0) is 18.6. The van der Waals surface area contributed by atoms with Gasteiger partial charge in [0.15, 0.2) is 0 Å². The number of benzene rings is 3. The summed E-state index contributed by atoms with van der Waals surface area (Å²) in [6.45, 7) is 4.82. The van der Waals surface area contributed by atoms with E-state index >= 15 is 0 Å². The van der Waals surface area contributed by atoms with Crippen LogP contribution in [0.1, 0.15) is 22.3 Å². The third kappa shape index (κ3) is 3.47. The van der Waals surface area contributed by atoms with Crippen molar-refractivity contribution in [3.63, 3.8) is 0 Å². The molecule has 0 bridgehead atoms. The van der Waals surface area contributed by atoms with E-state index in [1.807, 2.05) is 60.7 Å². The van der Waals surface area contributed by atoms with Crippen LogP contribution in [0.15, 0.2) is 72.8 Å². The zero-order valence-corrected chi connectivity index (χ0v) is 14.6. The lowest BCUT2D eigenvalue weighted by Crippen LogP contribution is -2.24. The van der Waals surface area contributed by atoms with Crippen molar-refractivity contribution in [1.29, 1.82) is 10.5 Å². The van der Waals surface area contributed by atoms with Crippen LogP contribution in [0.25, 0.3) is 0 Å². The van der Waals surface area contributed by atoms with Crippen LogP contribution >= 0.6 is 0 Å².